The molecule has 46 heteroatoms. The number of carbonyl (C=O) groups excluding carboxylic acids is 4. The van der Waals surface area contributed by atoms with Crippen molar-refractivity contribution < 1.29 is 56.6 Å². The summed E-state index contributed by atoms with van der Waals surface area (Å²) in [7, 11) is -7.30. The van der Waals surface area contributed by atoms with Gasteiger partial charge in [0.1, 0.15) is 97.3 Å². The van der Waals surface area contributed by atoms with Gasteiger partial charge in [0.2, 0.25) is 0 Å². The summed E-state index contributed by atoms with van der Waals surface area (Å²) in [5.74, 6) is -1.94. The van der Waals surface area contributed by atoms with Gasteiger partial charge in [-0.3, -0.25) is 29.3 Å². The summed E-state index contributed by atoms with van der Waals surface area (Å²) >= 11 is 20.3. The fourth-order valence-corrected chi connectivity index (χ4v) is 14.9. The Hall–Kier alpha value is -9.62. The van der Waals surface area contributed by atoms with Crippen molar-refractivity contribution in [2.24, 2.45) is 10.7 Å². The minimum Gasteiger partial charge on any atom is -0.512 e. The summed E-state index contributed by atoms with van der Waals surface area (Å²) < 4.78 is 48.8. The number of halogens is 7. The van der Waals surface area contributed by atoms with Gasteiger partial charge in [0.15, 0.2) is 0 Å². The van der Waals surface area contributed by atoms with E-state index in [1.165, 1.54) is 124 Å². The summed E-state index contributed by atoms with van der Waals surface area (Å²) in [6, 6.07) is 36.4. The molecule has 11 rings (SSSR count). The number of rotatable bonds is 23. The van der Waals surface area contributed by atoms with Crippen molar-refractivity contribution >= 4 is 171 Å². The monoisotopic (exact) mass is 2340 g/mol. The maximum absolute atomic E-state index is 13.1. The van der Waals surface area contributed by atoms with Gasteiger partial charge in [-0.1, -0.05) is 179 Å². The van der Waals surface area contributed by atoms with Crippen LogP contribution in [0, 0.1) is 86.4 Å². The van der Waals surface area contributed by atoms with E-state index in [1.807, 2.05) is 41.5 Å². The molecular formula is C92H128Br2ClF3IN25O5S2Si6Zn. The third kappa shape index (κ3) is 58.4. The molecule has 3 amide bonds. The molecule has 30 nitrogen and oxygen atoms in total. The summed E-state index contributed by atoms with van der Waals surface area (Å²) in [5, 5.41) is 79.5. The van der Waals surface area contributed by atoms with Crippen molar-refractivity contribution in [3.8, 4) is 41.3 Å². The second-order valence-electron chi connectivity index (χ2n) is 36.1. The van der Waals surface area contributed by atoms with Crippen LogP contribution in [0.15, 0.2) is 174 Å². The molecule has 0 bridgehead atoms. The first-order chi connectivity index (χ1) is 64.4. The van der Waals surface area contributed by atoms with Gasteiger partial charge in [-0.2, -0.15) is 41.4 Å². The number of hydrogen-bond acceptors (Lipinski definition) is 24. The number of hydrogen-bond donors (Lipinski definition) is 6. The van der Waals surface area contributed by atoms with Gasteiger partial charge in [0.05, 0.1) is 102 Å². The van der Waals surface area contributed by atoms with E-state index < -0.39 is 65.3 Å². The Balaban J connectivity index is -0.00000150. The van der Waals surface area contributed by atoms with Crippen molar-refractivity contribution in [3.05, 3.63) is 255 Å². The number of benzene rings is 6. The number of ether oxygens (including phenoxy) is 1. The van der Waals surface area contributed by atoms with Crippen LogP contribution in [0.25, 0.3) is 17.1 Å². The first-order valence-electron chi connectivity index (χ1n) is 42.7. The van der Waals surface area contributed by atoms with E-state index in [4.69, 9.17) is 68.2 Å². The van der Waals surface area contributed by atoms with Gasteiger partial charge in [-0.25, -0.2) is 47.2 Å². The zero-order chi connectivity index (χ0) is 105. The number of carbonyl (C=O) groups is 4. The summed E-state index contributed by atoms with van der Waals surface area (Å²) in [6.45, 7) is 61.6. The van der Waals surface area contributed by atoms with Crippen LogP contribution < -0.4 is 27.0 Å². The molecule has 0 spiro atoms. The molecule has 138 heavy (non-hydrogen) atoms. The Labute approximate surface area is 876 Å². The second-order valence-corrected chi connectivity index (χ2v) is 72.2. The Morgan fingerprint density at radius 1 is 0.507 bits per heavy atom. The average Bonchev–Trinajstić information content (AvgIpc) is 1.45. The van der Waals surface area contributed by atoms with E-state index in [9.17, 15) is 48.1 Å². The molecule has 0 unspecified atom stereocenters. The average molecular weight is 2340 g/mol. The van der Waals surface area contributed by atoms with Crippen LogP contribution in [0.4, 0.5) is 13.2 Å². The first-order valence-corrected chi connectivity index (χ1v) is 70.7. The molecule has 4 aromatic heterocycles. The summed E-state index contributed by atoms with van der Waals surface area (Å²) in [6.07, 6.45) is 21.3. The normalized spacial score (nSPS) is 11.0. The fourth-order valence-electron chi connectivity index (χ4n) is 9.62. The number of aromatic amines is 1. The molecule has 0 aliphatic carbocycles. The van der Waals surface area contributed by atoms with Crippen molar-refractivity contribution in [2.45, 2.75) is 151 Å². The molecule has 1 saturated heterocycles. The number of thiocarbonyl (C=S) groups is 1. The van der Waals surface area contributed by atoms with Crippen LogP contribution in [-0.4, -0.2) is 227 Å². The van der Waals surface area contributed by atoms with E-state index in [2.05, 4.69) is 283 Å². The standard InChI is InChI=1S/C15H19N5SSi.C14H17N5OSi.C14H17N5SSi.C12H15FN2OSi.C11H15BrFNOSi.C7H3BrClFO.C6H15N.C4H13NSi.C4H8O.C2H3N3.CH3I.2CN.Zn/c1-21-15(18-11-22(2,3)4)12-5-6-14(13(7-12)8-16)20-10-17-9-19-20;2*1-21(2,3)10-17-14(20)11-4-5-13(12(6-11)7-15)19-9-16-8-18-19;1-17(2,3)8-15-12(16)9-4-5-11(13)10(6-9)7-14;1-16(2,3)7-14-11(15)8-4-5-10(13)9(12)6-8;8-5-3-4(7(9)11)1-2-6(5)10;1-4-7(5-2)6-3;1-6(2,3)4-5;1-2-4-5-3-1;1-3-2-5-4-1;3*1-2;/h5-7,9-10H,11H2,1-4H3;2*4-6,8-9H,10H2,1-3H3,(H,17,20);4-6H,8H2,1-3H3,(H,15,16);4-6H,7H2,1-3H3,(H,14,15);1-3H;4-6H2,1-3H3;4-5H2,1-3H3;1-4H2;1-2H,(H,3,4,5);1H3;;;/q;;;;;;;;;;;2*-1;+2. The van der Waals surface area contributed by atoms with Crippen molar-refractivity contribution in [1.29, 1.82) is 31.6 Å². The maximum Gasteiger partial charge on any atom is 2.00 e. The maximum atomic E-state index is 13.1. The molecule has 1 aliphatic heterocycles. The number of aromatic nitrogens is 12. The molecule has 0 radical (unpaired) electrons. The Bertz CT molecular complexity index is 5360. The van der Waals surface area contributed by atoms with Crippen molar-refractivity contribution in [3.63, 3.8) is 0 Å². The Morgan fingerprint density at radius 2 is 0.826 bits per heavy atom. The van der Waals surface area contributed by atoms with Crippen LogP contribution in [-0.2, 0) is 24.2 Å². The fraction of sp³-hybridized carbons (Fsp3) is 0.391. The van der Waals surface area contributed by atoms with Crippen LogP contribution >= 0.6 is 90.0 Å². The van der Waals surface area contributed by atoms with Crippen LogP contribution in [0.1, 0.15) is 108 Å². The van der Waals surface area contributed by atoms with E-state index >= 15 is 0 Å². The predicted octanol–water partition coefficient (Wildman–Crippen LogP) is 19.6. The topological polar surface area (TPSA) is 444 Å². The zero-order valence-corrected chi connectivity index (χ0v) is 99.7. The number of nitrogens with two attached hydrogens (primary N) is 1. The molecule has 0 saturated carbocycles. The van der Waals surface area contributed by atoms with Gasteiger partial charge in [-0.05, 0) is 196 Å². The van der Waals surface area contributed by atoms with Gasteiger partial charge < -0.3 is 60.3 Å². The van der Waals surface area contributed by atoms with Gasteiger partial charge in [0, 0.05) is 77.4 Å². The molecule has 1 aliphatic rings. The van der Waals surface area contributed by atoms with E-state index in [0.717, 1.165) is 65.8 Å². The van der Waals surface area contributed by atoms with E-state index in [0.29, 0.717) is 66.6 Å². The number of aliphatic imine (C=N–C) groups is 1. The summed E-state index contributed by atoms with van der Waals surface area (Å²) in [4.78, 5) is 71.1. The van der Waals surface area contributed by atoms with Crippen molar-refractivity contribution in [2.75, 3.05) is 81.0 Å². The zero-order valence-electron chi connectivity index (χ0n) is 83.0. The van der Waals surface area contributed by atoms with Gasteiger partial charge in [-0.15, -0.1) is 11.8 Å². The molecule has 10 aromatic rings. The third-order valence-electron chi connectivity index (χ3n) is 16.9. The van der Waals surface area contributed by atoms with E-state index in [-0.39, 0.29) is 58.6 Å². The largest absolute Gasteiger partial charge is 2.00 e. The number of nitrogens with zero attached hydrogens (tertiary/aromatic N) is 19. The molecule has 738 valence electrons. The minimum atomic E-state index is -1.36. The second kappa shape index (κ2) is 70.9. The van der Waals surface area contributed by atoms with E-state index in [1.54, 1.807) is 64.1 Å². The van der Waals surface area contributed by atoms with Crippen molar-refractivity contribution in [1.82, 2.24) is 85.6 Å². The quantitative estimate of drug-likeness (QED) is 0.00506. The molecule has 6 aromatic carbocycles. The Kier molecular flexibility index (Phi) is 68.1. The molecular weight excluding hydrogens is 2210 g/mol. The van der Waals surface area contributed by atoms with Gasteiger partial charge >= 0.3 is 19.5 Å². The number of alkyl halides is 1. The molecule has 0 atom stereocenters. The number of amides is 3. The number of nitrogens with one attached hydrogen (secondary N) is 5. The number of nitriles is 4. The third-order valence-corrected chi connectivity index (χ3v) is 26.8. The summed E-state index contributed by atoms with van der Waals surface area (Å²) in [5.41, 5.74) is 12.2. The van der Waals surface area contributed by atoms with Crippen LogP contribution in [0.3, 0.4) is 0 Å². The molecule has 1 fully saturated rings. The van der Waals surface area contributed by atoms with Crippen LogP contribution in [0.2, 0.25) is 118 Å². The van der Waals surface area contributed by atoms with Gasteiger partial charge in [0.25, 0.3) is 23.0 Å². The molecule has 5 heterocycles. The minimum absolute atomic E-state index is 0. The van der Waals surface area contributed by atoms with Crippen LogP contribution in [0.5, 0.6) is 0 Å². The smallest absolute Gasteiger partial charge is 0.512 e. The Morgan fingerprint density at radius 3 is 1.10 bits per heavy atom. The molecule has 7 N–H and O–H groups in total. The number of H-pyrrole nitrogens is 1. The first kappa shape index (κ1) is 133. The SMILES string of the molecule is C1CCOC1.CCN(CC)CC.CI.CSC(=NC[Si](C)(C)C)c1ccc(-n2cncn2)c(C#N)c1.C[Si](C)(C)CN.C[Si](C)(C)CNC(=O)c1ccc(-n2cncn2)c(C#N)c1.C[Si](C)(C)CNC(=O)c1ccc(F)c(Br)c1.C[Si](C)(C)CNC(=O)c1ccc(F)c(C#N)c1.C[Si](C)(C)CNC(=S)c1ccc(-n2cncn2)c(C#N)c1.O=C(Cl)c1ccc(F)c(Br)c1.[C-]#N.[C-]#N.[Zn+2].c1nc[nH]n1. The predicted molar refractivity (Wildman–Crippen MR) is 578 cm³/mol. The number of thioether (sulfide) groups is 1.